The van der Waals surface area contributed by atoms with Crippen LogP contribution in [0.5, 0.6) is 0 Å². The van der Waals surface area contributed by atoms with Crippen molar-refractivity contribution in [3.63, 3.8) is 0 Å². The predicted octanol–water partition coefficient (Wildman–Crippen LogP) is 14.3. The summed E-state index contributed by atoms with van der Waals surface area (Å²) in [5.41, 5.74) is 0. The molecule has 0 fully saturated rings. The minimum absolute atomic E-state index is 0.333. The molecule has 0 aliphatic rings. The van der Waals surface area contributed by atoms with Crippen LogP contribution < -0.4 is 5.32 Å². The monoisotopic (exact) mass is 820 g/mol. The summed E-state index contributed by atoms with van der Waals surface area (Å²) in [6, 6.07) is -1.01. The van der Waals surface area contributed by atoms with E-state index >= 15 is 0 Å². The van der Waals surface area contributed by atoms with Gasteiger partial charge in [0.15, 0.2) is 0 Å². The quantitative estimate of drug-likeness (QED) is 0.0310. The summed E-state index contributed by atoms with van der Waals surface area (Å²) in [7, 11) is 0. The van der Waals surface area contributed by atoms with Gasteiger partial charge in [0.1, 0.15) is 12.2 Å². The smallest absolute Gasteiger partial charge is 0.249 e. The van der Waals surface area contributed by atoms with E-state index in [1.165, 1.54) is 199 Å². The second kappa shape index (κ2) is 46.8. The van der Waals surface area contributed by atoms with Crippen LogP contribution in [-0.4, -0.2) is 57.3 Å². The Morgan fingerprint density at radius 3 is 1.03 bits per heavy atom. The average Bonchev–Trinajstić information content (AvgIpc) is 3.23. The molecule has 58 heavy (non-hydrogen) atoms. The second-order valence-corrected chi connectivity index (χ2v) is 17.9. The normalized spacial score (nSPS) is 14.1. The first kappa shape index (κ1) is 56.8. The Morgan fingerprint density at radius 1 is 0.414 bits per heavy atom. The van der Waals surface area contributed by atoms with Crippen LogP contribution in [0.25, 0.3) is 0 Å². The molecule has 0 spiro atoms. The van der Waals surface area contributed by atoms with E-state index in [9.17, 15) is 25.2 Å². The molecule has 0 aromatic carbocycles. The van der Waals surface area contributed by atoms with Gasteiger partial charge in [-0.25, -0.2) is 0 Å². The molecule has 0 saturated carbocycles. The molecule has 0 aromatic heterocycles. The Bertz CT molecular complexity index is 878. The summed E-state index contributed by atoms with van der Waals surface area (Å²) >= 11 is 0. The van der Waals surface area contributed by atoms with Gasteiger partial charge in [-0.05, 0) is 64.2 Å². The number of aliphatic hydroxyl groups is 4. The molecule has 6 heteroatoms. The van der Waals surface area contributed by atoms with Gasteiger partial charge >= 0.3 is 0 Å². The zero-order valence-corrected chi connectivity index (χ0v) is 38.8. The summed E-state index contributed by atoms with van der Waals surface area (Å²) in [5, 5.41) is 43.7. The minimum atomic E-state index is -1.29. The highest BCUT2D eigenvalue weighted by Gasteiger charge is 2.28. The first-order valence-electron chi connectivity index (χ1n) is 25.7. The van der Waals surface area contributed by atoms with E-state index in [0.29, 0.717) is 12.8 Å². The number of carbonyl (C=O) groups excluding carboxylic acids is 1. The van der Waals surface area contributed by atoms with Gasteiger partial charge in [-0.2, -0.15) is 0 Å². The van der Waals surface area contributed by atoms with Gasteiger partial charge in [-0.3, -0.25) is 4.79 Å². The van der Waals surface area contributed by atoms with Gasteiger partial charge in [0, 0.05) is 0 Å². The fraction of sp³-hybridized carbons (Fsp3) is 0.904. The molecule has 0 saturated heterocycles. The van der Waals surface area contributed by atoms with Gasteiger partial charge in [0.05, 0.1) is 18.8 Å². The standard InChI is InChI=1S/C52H101NO5/c1-3-5-7-9-11-13-15-17-18-19-20-21-22-23-24-25-26-27-28-29-30-31-32-33-34-36-37-39-41-43-45-49(55)51(57)48(47-54)53-52(58)50(56)46-44-42-40-38-35-16-14-12-10-8-6-4-2/h35,37-39,48-51,54-57H,3-34,36,40-47H2,1-2H3,(H,53,58)/b38-35-,39-37+. The molecule has 4 unspecified atom stereocenters. The van der Waals surface area contributed by atoms with E-state index in [1.807, 2.05) is 0 Å². The summed E-state index contributed by atoms with van der Waals surface area (Å²) in [4.78, 5) is 12.5. The number of allylic oxidation sites excluding steroid dienone is 4. The molecule has 1 amide bonds. The molecule has 6 nitrogen and oxygen atoms in total. The van der Waals surface area contributed by atoms with Crippen LogP contribution in [-0.2, 0) is 4.79 Å². The van der Waals surface area contributed by atoms with Crippen molar-refractivity contribution in [3.8, 4) is 0 Å². The number of aliphatic hydroxyl groups excluding tert-OH is 4. The molecule has 0 aromatic rings. The van der Waals surface area contributed by atoms with E-state index in [1.54, 1.807) is 0 Å². The molecule has 0 rings (SSSR count). The molecule has 4 atom stereocenters. The molecule has 0 bridgehead atoms. The second-order valence-electron chi connectivity index (χ2n) is 17.9. The predicted molar refractivity (Wildman–Crippen MR) is 251 cm³/mol. The fourth-order valence-electron chi connectivity index (χ4n) is 8.05. The lowest BCUT2D eigenvalue weighted by atomic mass is 10.00. The molecule has 5 N–H and O–H groups in total. The summed E-state index contributed by atoms with van der Waals surface area (Å²) in [5.74, 6) is -0.609. The van der Waals surface area contributed by atoms with Crippen LogP contribution >= 0.6 is 0 Å². The molecule has 344 valence electrons. The Morgan fingerprint density at radius 2 is 0.707 bits per heavy atom. The maximum atomic E-state index is 12.5. The molecular weight excluding hydrogens is 719 g/mol. The maximum absolute atomic E-state index is 12.5. The number of carbonyl (C=O) groups is 1. The van der Waals surface area contributed by atoms with Gasteiger partial charge in [-0.15, -0.1) is 0 Å². The largest absolute Gasteiger partial charge is 0.394 e. The number of rotatable bonds is 47. The minimum Gasteiger partial charge on any atom is -0.394 e. The average molecular weight is 820 g/mol. The number of hydrogen-bond acceptors (Lipinski definition) is 5. The summed E-state index contributed by atoms with van der Waals surface area (Å²) in [6.45, 7) is 4.03. The van der Waals surface area contributed by atoms with E-state index in [0.717, 1.165) is 44.9 Å². The lowest BCUT2D eigenvalue weighted by Gasteiger charge is -2.27. The van der Waals surface area contributed by atoms with Crippen molar-refractivity contribution in [3.05, 3.63) is 24.3 Å². The van der Waals surface area contributed by atoms with E-state index < -0.39 is 36.9 Å². The summed E-state index contributed by atoms with van der Waals surface area (Å²) < 4.78 is 0. The van der Waals surface area contributed by atoms with Crippen molar-refractivity contribution < 1.29 is 25.2 Å². The Kier molecular flexibility index (Phi) is 45.9. The van der Waals surface area contributed by atoms with Gasteiger partial charge < -0.3 is 25.7 Å². The van der Waals surface area contributed by atoms with Crippen LogP contribution in [0.4, 0.5) is 0 Å². The van der Waals surface area contributed by atoms with Crippen LogP contribution in [0, 0.1) is 0 Å². The topological polar surface area (TPSA) is 110 Å². The van der Waals surface area contributed by atoms with Crippen molar-refractivity contribution in [1.82, 2.24) is 5.32 Å². The lowest BCUT2D eigenvalue weighted by Crippen LogP contribution is -2.53. The lowest BCUT2D eigenvalue weighted by molar-refractivity contribution is -0.132. The van der Waals surface area contributed by atoms with Crippen molar-refractivity contribution in [2.75, 3.05) is 6.61 Å². The number of amides is 1. The molecule has 0 radical (unpaired) electrons. The van der Waals surface area contributed by atoms with Gasteiger partial charge in [0.25, 0.3) is 0 Å². The van der Waals surface area contributed by atoms with Crippen LogP contribution in [0.3, 0.4) is 0 Å². The van der Waals surface area contributed by atoms with Crippen molar-refractivity contribution in [2.24, 2.45) is 0 Å². The van der Waals surface area contributed by atoms with Crippen molar-refractivity contribution in [1.29, 1.82) is 0 Å². The highest BCUT2D eigenvalue weighted by molar-refractivity contribution is 5.80. The number of nitrogens with one attached hydrogen (secondary N) is 1. The third-order valence-corrected chi connectivity index (χ3v) is 12.1. The van der Waals surface area contributed by atoms with Crippen molar-refractivity contribution >= 4 is 5.91 Å². The van der Waals surface area contributed by atoms with Crippen LogP contribution in [0.2, 0.25) is 0 Å². The van der Waals surface area contributed by atoms with E-state index in [4.69, 9.17) is 0 Å². The van der Waals surface area contributed by atoms with E-state index in [2.05, 4.69) is 43.5 Å². The van der Waals surface area contributed by atoms with Crippen molar-refractivity contribution in [2.45, 2.75) is 295 Å². The third-order valence-electron chi connectivity index (χ3n) is 12.1. The SMILES string of the molecule is CCCCCCCC/C=C\CCCCC(O)C(=O)NC(CO)C(O)C(O)CCC/C=C/CCCCCCCCCCCCCCCCCCCCCCCCCCC. The highest BCUT2D eigenvalue weighted by atomic mass is 16.3. The molecule has 0 aliphatic carbocycles. The molecular formula is C52H101NO5. The fourth-order valence-corrected chi connectivity index (χ4v) is 8.05. The Labute approximate surface area is 361 Å². The Hall–Kier alpha value is -1.21. The maximum Gasteiger partial charge on any atom is 0.249 e. The number of unbranched alkanes of at least 4 members (excludes halogenated alkanes) is 34. The van der Waals surface area contributed by atoms with E-state index in [-0.39, 0.29) is 0 Å². The molecule has 0 aliphatic heterocycles. The first-order chi connectivity index (χ1) is 28.5. The highest BCUT2D eigenvalue weighted by Crippen LogP contribution is 2.17. The molecule has 0 heterocycles. The van der Waals surface area contributed by atoms with Crippen LogP contribution in [0.1, 0.15) is 271 Å². The third kappa shape index (κ3) is 40.2. The first-order valence-corrected chi connectivity index (χ1v) is 25.7. The van der Waals surface area contributed by atoms with Crippen LogP contribution in [0.15, 0.2) is 24.3 Å². The van der Waals surface area contributed by atoms with Gasteiger partial charge in [0.2, 0.25) is 5.91 Å². The zero-order chi connectivity index (χ0) is 42.4. The summed E-state index contributed by atoms with van der Waals surface area (Å²) in [6.07, 6.45) is 55.4. The zero-order valence-electron chi connectivity index (χ0n) is 38.8. The Balaban J connectivity index is 3.61. The number of hydrogen-bond donors (Lipinski definition) is 5. The van der Waals surface area contributed by atoms with Gasteiger partial charge in [-0.1, -0.05) is 231 Å².